The molecular formula is C31H32N4O3. The summed E-state index contributed by atoms with van der Waals surface area (Å²) in [5.41, 5.74) is 8.08. The molecule has 2 aromatic heterocycles. The number of carbonyl (C=O) groups is 1. The molecule has 0 saturated carbocycles. The second kappa shape index (κ2) is 10.5. The number of nitrogens with zero attached hydrogens (tertiary/aromatic N) is 4. The molecule has 0 amide bonds. The smallest absolute Gasteiger partial charge is 0.449 e. The number of aromatic nitrogens is 4. The van der Waals surface area contributed by atoms with Crippen molar-refractivity contribution in [3.05, 3.63) is 90.1 Å². The lowest BCUT2D eigenvalue weighted by atomic mass is 10.0. The number of aryl methyl sites for hydroxylation is 2. The molecule has 0 bridgehead atoms. The highest BCUT2D eigenvalue weighted by Crippen LogP contribution is 2.32. The summed E-state index contributed by atoms with van der Waals surface area (Å²) in [5, 5.41) is 9.08. The molecule has 2 heterocycles. The predicted octanol–water partition coefficient (Wildman–Crippen LogP) is 7.51. The molecule has 0 fully saturated rings. The molecule has 5 rings (SSSR count). The summed E-state index contributed by atoms with van der Waals surface area (Å²) in [6.45, 7) is 9.27. The normalized spacial score (nSPS) is 11.4. The van der Waals surface area contributed by atoms with Crippen LogP contribution in [0, 0.1) is 6.92 Å². The maximum Gasteiger partial charge on any atom is 0.511 e. The van der Waals surface area contributed by atoms with Crippen LogP contribution in [0.5, 0.6) is 5.75 Å². The predicted molar refractivity (Wildman–Crippen MR) is 150 cm³/mol. The van der Waals surface area contributed by atoms with E-state index < -0.39 is 6.16 Å². The zero-order valence-corrected chi connectivity index (χ0v) is 22.2. The first-order valence-electron chi connectivity index (χ1n) is 13.0. The van der Waals surface area contributed by atoms with Crippen molar-refractivity contribution in [2.24, 2.45) is 0 Å². The van der Waals surface area contributed by atoms with Crippen LogP contribution >= 0.6 is 0 Å². The standard InChI is InChI=1S/C31H32N4O3/c1-5-8-29-33-30-21(4)15-24(26-18-34(19-32-26)20(2)3)16-27(30)35(29)17-22-11-13-23(14-12-22)25-9-6-7-10-28(25)38-31(36)37/h6-7,9-16,18-20H,5,8,17H2,1-4H3,(H,36,37). The van der Waals surface area contributed by atoms with Gasteiger partial charge in [-0.25, -0.2) is 14.8 Å². The number of carboxylic acid groups (broad SMARTS) is 1. The van der Waals surface area contributed by atoms with E-state index in [-0.39, 0.29) is 0 Å². The number of rotatable bonds is 8. The summed E-state index contributed by atoms with van der Waals surface area (Å²) < 4.78 is 9.41. The molecule has 0 spiro atoms. The van der Waals surface area contributed by atoms with E-state index in [2.05, 4.69) is 72.3 Å². The molecule has 194 valence electrons. The third-order valence-corrected chi connectivity index (χ3v) is 6.78. The van der Waals surface area contributed by atoms with Crippen molar-refractivity contribution in [3.8, 4) is 28.1 Å². The summed E-state index contributed by atoms with van der Waals surface area (Å²) in [7, 11) is 0. The first-order valence-corrected chi connectivity index (χ1v) is 13.0. The highest BCUT2D eigenvalue weighted by molar-refractivity contribution is 5.85. The first-order chi connectivity index (χ1) is 18.3. The van der Waals surface area contributed by atoms with Crippen LogP contribution in [0.25, 0.3) is 33.4 Å². The molecule has 0 radical (unpaired) electrons. The van der Waals surface area contributed by atoms with E-state index in [1.54, 1.807) is 12.1 Å². The van der Waals surface area contributed by atoms with Gasteiger partial charge in [0.05, 0.1) is 23.1 Å². The number of ether oxygens (including phenoxy) is 1. The Hall–Kier alpha value is -4.39. The van der Waals surface area contributed by atoms with Gasteiger partial charge in [-0.3, -0.25) is 0 Å². The molecule has 7 heteroatoms. The molecule has 0 atom stereocenters. The zero-order valence-electron chi connectivity index (χ0n) is 22.2. The molecule has 7 nitrogen and oxygen atoms in total. The van der Waals surface area contributed by atoms with Gasteiger partial charge in [-0.1, -0.05) is 49.4 Å². The topological polar surface area (TPSA) is 82.2 Å². The van der Waals surface area contributed by atoms with Crippen molar-refractivity contribution in [2.45, 2.75) is 53.1 Å². The summed E-state index contributed by atoms with van der Waals surface area (Å²) in [4.78, 5) is 20.8. The highest BCUT2D eigenvalue weighted by Gasteiger charge is 2.16. The van der Waals surface area contributed by atoms with E-state index in [0.29, 0.717) is 18.3 Å². The minimum atomic E-state index is -1.32. The lowest BCUT2D eigenvalue weighted by Crippen LogP contribution is -2.05. The van der Waals surface area contributed by atoms with Gasteiger partial charge in [0, 0.05) is 36.3 Å². The van der Waals surface area contributed by atoms with Crippen LogP contribution in [0.15, 0.2) is 73.2 Å². The van der Waals surface area contributed by atoms with Crippen molar-refractivity contribution in [1.82, 2.24) is 19.1 Å². The minimum Gasteiger partial charge on any atom is -0.449 e. The average Bonchev–Trinajstić information content (AvgIpc) is 3.51. The van der Waals surface area contributed by atoms with Crippen molar-refractivity contribution in [2.75, 3.05) is 0 Å². The Kier molecular flexibility index (Phi) is 7.01. The zero-order chi connectivity index (χ0) is 26.8. The van der Waals surface area contributed by atoms with E-state index in [9.17, 15) is 4.79 Å². The monoisotopic (exact) mass is 508 g/mol. The Morgan fingerprint density at radius 3 is 2.50 bits per heavy atom. The van der Waals surface area contributed by atoms with Gasteiger partial charge in [0.1, 0.15) is 11.6 Å². The molecule has 38 heavy (non-hydrogen) atoms. The van der Waals surface area contributed by atoms with Gasteiger partial charge in [0.15, 0.2) is 0 Å². The molecule has 0 unspecified atom stereocenters. The third-order valence-electron chi connectivity index (χ3n) is 6.78. The van der Waals surface area contributed by atoms with Crippen LogP contribution in [0.2, 0.25) is 0 Å². The van der Waals surface area contributed by atoms with Crippen LogP contribution in [0.4, 0.5) is 4.79 Å². The molecule has 0 aliphatic heterocycles. The van der Waals surface area contributed by atoms with Gasteiger partial charge in [0.2, 0.25) is 0 Å². The van der Waals surface area contributed by atoms with Crippen molar-refractivity contribution >= 4 is 17.2 Å². The Bertz CT molecular complexity index is 1600. The molecule has 1 N–H and O–H groups in total. The molecule has 0 aliphatic carbocycles. The van der Waals surface area contributed by atoms with Gasteiger partial charge < -0.3 is 19.0 Å². The van der Waals surface area contributed by atoms with E-state index in [1.807, 2.05) is 30.6 Å². The van der Waals surface area contributed by atoms with Gasteiger partial charge in [-0.2, -0.15) is 0 Å². The van der Waals surface area contributed by atoms with Gasteiger partial charge >= 0.3 is 6.16 Å². The van der Waals surface area contributed by atoms with Crippen molar-refractivity contribution < 1.29 is 14.6 Å². The summed E-state index contributed by atoms with van der Waals surface area (Å²) >= 11 is 0. The second-order valence-corrected chi connectivity index (χ2v) is 9.89. The van der Waals surface area contributed by atoms with Crippen molar-refractivity contribution in [3.63, 3.8) is 0 Å². The number of para-hydroxylation sites is 1. The van der Waals surface area contributed by atoms with E-state index in [0.717, 1.165) is 63.2 Å². The summed E-state index contributed by atoms with van der Waals surface area (Å²) in [6, 6.07) is 20.1. The lowest BCUT2D eigenvalue weighted by molar-refractivity contribution is 0.144. The Balaban J connectivity index is 1.52. The fourth-order valence-corrected chi connectivity index (χ4v) is 4.81. The van der Waals surface area contributed by atoms with Crippen LogP contribution in [-0.2, 0) is 13.0 Å². The minimum absolute atomic E-state index is 0.321. The van der Waals surface area contributed by atoms with Crippen LogP contribution in [0.1, 0.15) is 50.2 Å². The van der Waals surface area contributed by atoms with E-state index >= 15 is 0 Å². The largest absolute Gasteiger partial charge is 0.511 e. The number of hydrogen-bond acceptors (Lipinski definition) is 4. The maximum atomic E-state index is 11.1. The first kappa shape index (κ1) is 25.3. The number of hydrogen-bond donors (Lipinski definition) is 1. The number of benzene rings is 3. The average molecular weight is 509 g/mol. The molecular weight excluding hydrogens is 476 g/mol. The van der Waals surface area contributed by atoms with E-state index in [4.69, 9.17) is 14.8 Å². The lowest BCUT2D eigenvalue weighted by Gasteiger charge is -2.12. The van der Waals surface area contributed by atoms with Crippen LogP contribution in [-0.4, -0.2) is 30.4 Å². The Morgan fingerprint density at radius 2 is 1.82 bits per heavy atom. The number of fused-ring (bicyclic) bond motifs is 1. The van der Waals surface area contributed by atoms with Gasteiger partial charge in [-0.05, 0) is 62.1 Å². The quantitative estimate of drug-likeness (QED) is 0.173. The molecule has 3 aromatic carbocycles. The van der Waals surface area contributed by atoms with Gasteiger partial charge in [-0.15, -0.1) is 0 Å². The molecule has 5 aromatic rings. The van der Waals surface area contributed by atoms with E-state index in [1.165, 1.54) is 0 Å². The SMILES string of the molecule is CCCc1nc2c(C)cc(-c3cn(C(C)C)cn3)cc2n1Cc1ccc(-c2ccccc2OC(=O)O)cc1. The Morgan fingerprint density at radius 1 is 1.05 bits per heavy atom. The highest BCUT2D eigenvalue weighted by atomic mass is 16.7. The van der Waals surface area contributed by atoms with Crippen molar-refractivity contribution in [1.29, 1.82) is 0 Å². The second-order valence-electron chi connectivity index (χ2n) is 9.89. The molecule has 0 saturated heterocycles. The fourth-order valence-electron chi connectivity index (χ4n) is 4.81. The number of imidazole rings is 2. The van der Waals surface area contributed by atoms with Gasteiger partial charge in [0.25, 0.3) is 0 Å². The van der Waals surface area contributed by atoms with Crippen LogP contribution < -0.4 is 4.74 Å². The maximum absolute atomic E-state index is 11.1. The fraction of sp³-hybridized carbons (Fsp3) is 0.258. The van der Waals surface area contributed by atoms with Crippen LogP contribution in [0.3, 0.4) is 0 Å². The summed E-state index contributed by atoms with van der Waals surface area (Å²) in [5.74, 6) is 1.39. The third kappa shape index (κ3) is 5.05. The Labute approximate surface area is 222 Å². The molecule has 0 aliphatic rings. The summed E-state index contributed by atoms with van der Waals surface area (Å²) in [6.07, 6.45) is 4.57.